The van der Waals surface area contributed by atoms with Crippen molar-refractivity contribution < 1.29 is 8.83 Å². The first-order valence-electron chi connectivity index (χ1n) is 19.4. The number of oxazole rings is 1. The van der Waals surface area contributed by atoms with Crippen LogP contribution in [0.2, 0.25) is 0 Å². The van der Waals surface area contributed by atoms with Crippen LogP contribution < -0.4 is 9.80 Å². The first-order valence-corrected chi connectivity index (χ1v) is 19.4. The van der Waals surface area contributed by atoms with Gasteiger partial charge in [0.25, 0.3) is 0 Å². The van der Waals surface area contributed by atoms with Gasteiger partial charge in [-0.1, -0.05) is 127 Å². The zero-order valence-corrected chi connectivity index (χ0v) is 31.4. The molecule has 2 heterocycles. The third-order valence-corrected chi connectivity index (χ3v) is 10.8. The summed E-state index contributed by atoms with van der Waals surface area (Å²) >= 11 is 0. The van der Waals surface area contributed by atoms with Gasteiger partial charge in [-0.05, 0) is 101 Å². The quantitative estimate of drug-likeness (QED) is 0.155. The summed E-state index contributed by atoms with van der Waals surface area (Å²) in [6.45, 7) is 0. The molecule has 5 nitrogen and oxygen atoms in total. The molecule has 0 amide bonds. The molecule has 11 aromatic rings. The molecule has 5 heteroatoms. The summed E-state index contributed by atoms with van der Waals surface area (Å²) < 4.78 is 13.1. The molecular formula is C53H35N3O2. The zero-order valence-electron chi connectivity index (χ0n) is 31.4. The fourth-order valence-corrected chi connectivity index (χ4v) is 8.08. The van der Waals surface area contributed by atoms with Gasteiger partial charge in [-0.2, -0.15) is 0 Å². The Balaban J connectivity index is 1.21. The van der Waals surface area contributed by atoms with E-state index in [-0.39, 0.29) is 0 Å². The first kappa shape index (κ1) is 33.4. The summed E-state index contributed by atoms with van der Waals surface area (Å²) in [7, 11) is 0. The monoisotopic (exact) mass is 745 g/mol. The van der Waals surface area contributed by atoms with Gasteiger partial charge in [0.1, 0.15) is 16.7 Å². The van der Waals surface area contributed by atoms with E-state index in [4.69, 9.17) is 13.8 Å². The predicted octanol–water partition coefficient (Wildman–Crippen LogP) is 15.2. The maximum absolute atomic E-state index is 6.78. The first-order chi connectivity index (χ1) is 28.7. The minimum absolute atomic E-state index is 0.556. The van der Waals surface area contributed by atoms with E-state index in [0.29, 0.717) is 11.5 Å². The van der Waals surface area contributed by atoms with Gasteiger partial charge in [-0.3, -0.25) is 0 Å². The van der Waals surface area contributed by atoms with E-state index >= 15 is 0 Å². The number of aromatic nitrogens is 1. The lowest BCUT2D eigenvalue weighted by atomic mass is 10.0. The Morgan fingerprint density at radius 1 is 0.328 bits per heavy atom. The van der Waals surface area contributed by atoms with Gasteiger partial charge >= 0.3 is 0 Å². The van der Waals surface area contributed by atoms with Gasteiger partial charge in [0.2, 0.25) is 5.89 Å². The summed E-state index contributed by atoms with van der Waals surface area (Å²) in [5.74, 6) is 0.556. The Morgan fingerprint density at radius 3 is 1.78 bits per heavy atom. The number of fused-ring (bicyclic) bond motifs is 5. The average Bonchev–Trinajstić information content (AvgIpc) is 3.90. The minimum Gasteiger partial charge on any atom is -0.456 e. The van der Waals surface area contributed by atoms with Crippen molar-refractivity contribution in [2.24, 2.45) is 0 Å². The molecule has 0 bridgehead atoms. The second kappa shape index (κ2) is 14.0. The van der Waals surface area contributed by atoms with Gasteiger partial charge in [-0.25, -0.2) is 4.98 Å². The maximum atomic E-state index is 6.78. The fourth-order valence-electron chi connectivity index (χ4n) is 8.08. The van der Waals surface area contributed by atoms with Crippen LogP contribution in [0.3, 0.4) is 0 Å². The average molecular weight is 746 g/mol. The van der Waals surface area contributed by atoms with E-state index in [9.17, 15) is 0 Å². The highest BCUT2D eigenvalue weighted by atomic mass is 16.3. The molecule has 0 spiro atoms. The van der Waals surface area contributed by atoms with Crippen LogP contribution in [0.1, 0.15) is 0 Å². The topological polar surface area (TPSA) is 45.7 Å². The summed E-state index contributed by atoms with van der Waals surface area (Å²) in [6.07, 6.45) is 0. The van der Waals surface area contributed by atoms with Crippen molar-refractivity contribution in [3.05, 3.63) is 212 Å². The Bertz CT molecular complexity index is 3240. The highest BCUT2D eigenvalue weighted by molar-refractivity contribution is 6.08. The van der Waals surface area contributed by atoms with Crippen molar-refractivity contribution in [2.75, 3.05) is 9.80 Å². The van der Waals surface area contributed by atoms with E-state index < -0.39 is 0 Å². The zero-order chi connectivity index (χ0) is 38.4. The Labute approximate surface area is 335 Å². The molecule has 0 radical (unpaired) electrons. The molecule has 58 heavy (non-hydrogen) atoms. The van der Waals surface area contributed by atoms with E-state index in [0.717, 1.165) is 83.7 Å². The third-order valence-electron chi connectivity index (χ3n) is 10.8. The number of rotatable bonds is 8. The molecule has 0 N–H and O–H groups in total. The number of nitrogens with zero attached hydrogens (tertiary/aromatic N) is 3. The second-order valence-corrected chi connectivity index (χ2v) is 14.4. The summed E-state index contributed by atoms with van der Waals surface area (Å²) in [6, 6.07) is 73.9. The molecule has 11 rings (SSSR count). The highest BCUT2D eigenvalue weighted by Crippen LogP contribution is 2.47. The number of hydrogen-bond donors (Lipinski definition) is 0. The minimum atomic E-state index is 0.556. The molecule has 0 fully saturated rings. The second-order valence-electron chi connectivity index (χ2n) is 14.4. The molecule has 274 valence electrons. The van der Waals surface area contributed by atoms with Crippen LogP contribution in [0, 0.1) is 0 Å². The molecular weight excluding hydrogens is 711 g/mol. The molecule has 0 aliphatic heterocycles. The maximum Gasteiger partial charge on any atom is 0.227 e. The molecule has 2 aromatic heterocycles. The van der Waals surface area contributed by atoms with Crippen LogP contribution in [0.4, 0.5) is 34.1 Å². The molecule has 0 aliphatic carbocycles. The molecule has 9 aromatic carbocycles. The number of para-hydroxylation sites is 2. The summed E-state index contributed by atoms with van der Waals surface area (Å²) in [4.78, 5) is 9.88. The Morgan fingerprint density at radius 2 is 0.948 bits per heavy atom. The van der Waals surface area contributed by atoms with Crippen LogP contribution >= 0.6 is 0 Å². The molecule has 0 aliphatic rings. The number of hydrogen-bond acceptors (Lipinski definition) is 5. The molecule has 0 saturated heterocycles. The SMILES string of the molecule is c1ccc(-c2cccc(N(c3ccc4oc5ccccc5c4c3)c3cc(N(c4ccccc4)c4ccc5ccccc5c4)cc4oc(-c5ccccc5)nc34)c2)cc1. The smallest absolute Gasteiger partial charge is 0.227 e. The molecule has 0 saturated carbocycles. The van der Waals surface area contributed by atoms with Gasteiger partial charge in [0, 0.05) is 45.2 Å². The lowest BCUT2D eigenvalue weighted by Crippen LogP contribution is -2.14. The van der Waals surface area contributed by atoms with E-state index in [2.05, 4.69) is 180 Å². The summed E-state index contributed by atoms with van der Waals surface area (Å²) in [5, 5.41) is 4.45. The largest absolute Gasteiger partial charge is 0.456 e. The van der Waals surface area contributed by atoms with Crippen molar-refractivity contribution in [1.82, 2.24) is 4.98 Å². The standard InChI is InChI=1S/C53H35N3O2/c1-4-15-36(16-5-1)40-21-14-24-42(31-40)56(44-29-30-50-47(33-44)46-25-12-13-26-49(46)57-50)48-34-45(35-51-52(48)54-53(58-51)38-18-6-2-7-19-38)55(41-22-8-3-9-23-41)43-28-27-37-17-10-11-20-39(37)32-43/h1-35H. The highest BCUT2D eigenvalue weighted by Gasteiger charge is 2.25. The summed E-state index contributed by atoms with van der Waals surface area (Å²) in [5.41, 5.74) is 12.1. The Hall–Kier alpha value is -7.89. The predicted molar refractivity (Wildman–Crippen MR) is 239 cm³/mol. The van der Waals surface area contributed by atoms with Crippen molar-refractivity contribution in [2.45, 2.75) is 0 Å². The third kappa shape index (κ3) is 5.94. The van der Waals surface area contributed by atoms with Crippen molar-refractivity contribution in [3.63, 3.8) is 0 Å². The normalized spacial score (nSPS) is 11.4. The van der Waals surface area contributed by atoms with Crippen LogP contribution in [-0.2, 0) is 0 Å². The Kier molecular flexibility index (Phi) is 8.07. The molecule has 0 unspecified atom stereocenters. The molecule has 0 atom stereocenters. The van der Waals surface area contributed by atoms with Crippen LogP contribution in [0.15, 0.2) is 221 Å². The number of furan rings is 1. The number of benzene rings is 9. The van der Waals surface area contributed by atoms with E-state index in [1.54, 1.807) is 0 Å². The van der Waals surface area contributed by atoms with E-state index in [1.807, 2.05) is 42.5 Å². The van der Waals surface area contributed by atoms with Crippen LogP contribution in [0.5, 0.6) is 0 Å². The van der Waals surface area contributed by atoms with E-state index in [1.165, 1.54) is 5.39 Å². The van der Waals surface area contributed by atoms with Gasteiger partial charge in [0.05, 0.1) is 11.4 Å². The van der Waals surface area contributed by atoms with Gasteiger partial charge in [-0.15, -0.1) is 0 Å². The van der Waals surface area contributed by atoms with Gasteiger partial charge in [0.15, 0.2) is 5.58 Å². The van der Waals surface area contributed by atoms with Crippen molar-refractivity contribution in [1.29, 1.82) is 0 Å². The van der Waals surface area contributed by atoms with Crippen LogP contribution in [-0.4, -0.2) is 4.98 Å². The van der Waals surface area contributed by atoms with Gasteiger partial charge < -0.3 is 18.6 Å². The fraction of sp³-hybridized carbons (Fsp3) is 0. The van der Waals surface area contributed by atoms with Crippen LogP contribution in [0.25, 0.3) is 66.4 Å². The lowest BCUT2D eigenvalue weighted by Gasteiger charge is -2.30. The lowest BCUT2D eigenvalue weighted by molar-refractivity contribution is 0.620. The van der Waals surface area contributed by atoms with Crippen molar-refractivity contribution >= 4 is 77.9 Å². The van der Waals surface area contributed by atoms with Crippen molar-refractivity contribution in [3.8, 4) is 22.6 Å². The number of anilines is 6.